The van der Waals surface area contributed by atoms with Crippen molar-refractivity contribution in [2.45, 2.75) is 51.2 Å². The minimum Gasteiger partial charge on any atom is -0.367 e. The monoisotopic (exact) mass is 467 g/mol. The number of aliphatic imine (C=N–C) groups is 1. The van der Waals surface area contributed by atoms with E-state index >= 15 is 0 Å². The average Bonchev–Trinajstić information content (AvgIpc) is 3.23. The number of carbonyl (C=O) groups excluding carboxylic acids is 1. The van der Waals surface area contributed by atoms with E-state index in [0.717, 1.165) is 53.5 Å². The molecule has 1 saturated carbocycles. The second-order valence-electron chi connectivity index (χ2n) is 9.51. The fourth-order valence-electron chi connectivity index (χ4n) is 5.13. The minimum atomic E-state index is -0.428. The molecular formula is C29H33N5O. The summed E-state index contributed by atoms with van der Waals surface area (Å²) in [6, 6.07) is 23.5. The second-order valence-corrected chi connectivity index (χ2v) is 9.51. The first-order valence-electron chi connectivity index (χ1n) is 12.5. The van der Waals surface area contributed by atoms with Crippen molar-refractivity contribution in [2.75, 3.05) is 6.54 Å². The van der Waals surface area contributed by atoms with E-state index in [2.05, 4.69) is 53.8 Å². The van der Waals surface area contributed by atoms with Gasteiger partial charge in [0.15, 0.2) is 0 Å². The van der Waals surface area contributed by atoms with E-state index in [0.29, 0.717) is 30.9 Å². The summed E-state index contributed by atoms with van der Waals surface area (Å²) in [5.41, 5.74) is 15.5. The predicted molar refractivity (Wildman–Crippen MR) is 144 cm³/mol. The number of amidine groups is 1. The summed E-state index contributed by atoms with van der Waals surface area (Å²) in [4.78, 5) is 17.1. The van der Waals surface area contributed by atoms with Crippen LogP contribution in [0.3, 0.4) is 0 Å². The van der Waals surface area contributed by atoms with Crippen LogP contribution in [0.15, 0.2) is 71.7 Å². The van der Waals surface area contributed by atoms with Crippen LogP contribution in [0.4, 0.5) is 0 Å². The topological polar surface area (TPSA) is 98.4 Å². The largest absolute Gasteiger partial charge is 0.367 e. The molecule has 6 heteroatoms. The molecule has 0 saturated heterocycles. The number of rotatable bonds is 6. The zero-order valence-electron chi connectivity index (χ0n) is 20.2. The number of carbonyl (C=O) groups is 1. The fraction of sp³-hybridized carbons (Fsp3) is 0.310. The number of fused-ring (bicyclic) bond motifs is 2. The standard InChI is InChI=1S/C29H33N5O/c1-2-32-29(33-25-13-11-24(30)12-14-25)23-10-9-22-16-27(28(31)35)34(26(22)17-23)18-19-7-8-20-5-3-4-6-21(20)15-19/h3-10,15-17,24-25H,2,11-14,18,30H2,1H3,(H2,31,35)(H,32,33). The Labute approximate surface area is 206 Å². The quantitative estimate of drug-likeness (QED) is 0.286. The maximum Gasteiger partial charge on any atom is 0.265 e. The van der Waals surface area contributed by atoms with Gasteiger partial charge >= 0.3 is 0 Å². The molecule has 0 spiro atoms. The molecule has 1 fully saturated rings. The smallest absolute Gasteiger partial charge is 0.265 e. The number of nitrogens with one attached hydrogen (secondary N) is 1. The molecule has 1 aliphatic carbocycles. The third kappa shape index (κ3) is 4.93. The van der Waals surface area contributed by atoms with Gasteiger partial charge in [0.2, 0.25) is 0 Å². The molecule has 6 nitrogen and oxygen atoms in total. The Hall–Kier alpha value is -3.64. The van der Waals surface area contributed by atoms with Crippen LogP contribution >= 0.6 is 0 Å². The average molecular weight is 468 g/mol. The van der Waals surface area contributed by atoms with Crippen molar-refractivity contribution in [2.24, 2.45) is 16.5 Å². The zero-order chi connectivity index (χ0) is 24.4. The highest BCUT2D eigenvalue weighted by atomic mass is 16.1. The van der Waals surface area contributed by atoms with E-state index in [4.69, 9.17) is 16.5 Å². The highest BCUT2D eigenvalue weighted by Crippen LogP contribution is 2.25. The molecule has 1 amide bonds. The molecule has 5 N–H and O–H groups in total. The van der Waals surface area contributed by atoms with Gasteiger partial charge in [0.1, 0.15) is 11.5 Å². The van der Waals surface area contributed by atoms with Gasteiger partial charge < -0.3 is 21.4 Å². The second kappa shape index (κ2) is 9.92. The first-order chi connectivity index (χ1) is 17.0. The Morgan fingerprint density at radius 2 is 1.71 bits per heavy atom. The van der Waals surface area contributed by atoms with Gasteiger partial charge in [-0.25, -0.2) is 0 Å². The molecule has 1 aromatic heterocycles. The summed E-state index contributed by atoms with van der Waals surface area (Å²) in [6.45, 7) is 3.30. The third-order valence-corrected chi connectivity index (χ3v) is 7.01. The van der Waals surface area contributed by atoms with Crippen molar-refractivity contribution >= 4 is 33.4 Å². The number of primary amides is 1. The highest BCUT2D eigenvalue weighted by Gasteiger charge is 2.21. The zero-order valence-corrected chi connectivity index (χ0v) is 20.2. The van der Waals surface area contributed by atoms with Crippen LogP contribution < -0.4 is 16.8 Å². The van der Waals surface area contributed by atoms with Crippen LogP contribution in [0.1, 0.15) is 54.2 Å². The lowest BCUT2D eigenvalue weighted by Crippen LogP contribution is -2.41. The van der Waals surface area contributed by atoms with Gasteiger partial charge in [-0.2, -0.15) is 0 Å². The van der Waals surface area contributed by atoms with Gasteiger partial charge in [-0.3, -0.25) is 9.79 Å². The van der Waals surface area contributed by atoms with E-state index < -0.39 is 5.91 Å². The summed E-state index contributed by atoms with van der Waals surface area (Å²) in [5, 5.41) is 7.03. The third-order valence-electron chi connectivity index (χ3n) is 7.01. The number of amides is 1. The summed E-state index contributed by atoms with van der Waals surface area (Å²) in [5.74, 6) is 0.469. The normalized spacial score (nSPS) is 18.7. The molecular weight excluding hydrogens is 434 g/mol. The molecule has 4 aromatic rings. The summed E-state index contributed by atoms with van der Waals surface area (Å²) in [6.07, 6.45) is 4.17. The van der Waals surface area contributed by atoms with Crippen LogP contribution in [-0.2, 0) is 6.54 Å². The van der Waals surface area contributed by atoms with Gasteiger partial charge in [-0.1, -0.05) is 48.5 Å². The molecule has 0 unspecified atom stereocenters. The number of hydrogen-bond donors (Lipinski definition) is 3. The summed E-state index contributed by atoms with van der Waals surface area (Å²) in [7, 11) is 0. The first kappa shape index (κ1) is 23.1. The van der Waals surface area contributed by atoms with Gasteiger partial charge in [0.05, 0.1) is 0 Å². The van der Waals surface area contributed by atoms with Gasteiger partial charge in [-0.15, -0.1) is 0 Å². The number of aromatic nitrogens is 1. The molecule has 3 aromatic carbocycles. The number of nitrogens with two attached hydrogens (primary N) is 2. The van der Waals surface area contributed by atoms with Gasteiger partial charge in [0.25, 0.3) is 5.91 Å². The molecule has 0 atom stereocenters. The molecule has 1 aliphatic rings. The van der Waals surface area contributed by atoms with Gasteiger partial charge in [0, 0.05) is 41.6 Å². The predicted octanol–water partition coefficient (Wildman–Crippen LogP) is 4.57. The number of hydrogen-bond acceptors (Lipinski definition) is 3. The Kier molecular flexibility index (Phi) is 6.55. The van der Waals surface area contributed by atoms with Crippen molar-refractivity contribution in [1.29, 1.82) is 0 Å². The molecule has 1 heterocycles. The van der Waals surface area contributed by atoms with E-state index in [9.17, 15) is 4.79 Å². The first-order valence-corrected chi connectivity index (χ1v) is 12.5. The maximum atomic E-state index is 12.4. The fourth-order valence-corrected chi connectivity index (χ4v) is 5.13. The lowest BCUT2D eigenvalue weighted by Gasteiger charge is -2.28. The van der Waals surface area contributed by atoms with E-state index in [-0.39, 0.29) is 0 Å². The summed E-state index contributed by atoms with van der Waals surface area (Å²) >= 11 is 0. The van der Waals surface area contributed by atoms with Crippen molar-refractivity contribution < 1.29 is 4.79 Å². The molecule has 0 bridgehead atoms. The van der Waals surface area contributed by atoms with Crippen molar-refractivity contribution in [3.8, 4) is 0 Å². The Morgan fingerprint density at radius 3 is 2.46 bits per heavy atom. The van der Waals surface area contributed by atoms with E-state index in [1.807, 2.05) is 29.7 Å². The molecule has 0 radical (unpaired) electrons. The number of benzene rings is 3. The lowest BCUT2D eigenvalue weighted by atomic mass is 9.91. The van der Waals surface area contributed by atoms with Crippen molar-refractivity contribution in [3.63, 3.8) is 0 Å². The van der Waals surface area contributed by atoms with Crippen LogP contribution in [0.25, 0.3) is 21.7 Å². The Bertz CT molecular complexity index is 1390. The molecule has 5 rings (SSSR count). The lowest BCUT2D eigenvalue weighted by molar-refractivity contribution is 0.0992. The van der Waals surface area contributed by atoms with Crippen LogP contribution in [0.5, 0.6) is 0 Å². The van der Waals surface area contributed by atoms with Crippen LogP contribution in [0.2, 0.25) is 0 Å². The number of nitrogens with zero attached hydrogens (tertiary/aromatic N) is 2. The molecule has 180 valence electrons. The van der Waals surface area contributed by atoms with Crippen molar-refractivity contribution in [3.05, 3.63) is 83.6 Å². The van der Waals surface area contributed by atoms with E-state index in [1.165, 1.54) is 10.8 Å². The van der Waals surface area contributed by atoms with Crippen LogP contribution in [-0.4, -0.2) is 34.9 Å². The Balaban J connectivity index is 1.52. The molecule has 0 aliphatic heterocycles. The van der Waals surface area contributed by atoms with Crippen LogP contribution in [0, 0.1) is 0 Å². The van der Waals surface area contributed by atoms with Crippen molar-refractivity contribution in [1.82, 2.24) is 9.88 Å². The minimum absolute atomic E-state index is 0.307. The maximum absolute atomic E-state index is 12.4. The SMILES string of the molecule is CCN=C(NC1CCC(N)CC1)c1ccc2cc(C(N)=O)n(Cc3ccc4ccccc4c3)c2c1. The highest BCUT2D eigenvalue weighted by molar-refractivity contribution is 6.04. The molecule has 35 heavy (non-hydrogen) atoms. The Morgan fingerprint density at radius 1 is 0.971 bits per heavy atom. The van der Waals surface area contributed by atoms with E-state index in [1.54, 1.807) is 0 Å². The van der Waals surface area contributed by atoms with Gasteiger partial charge in [-0.05, 0) is 67.1 Å². The summed E-state index contributed by atoms with van der Waals surface area (Å²) < 4.78 is 2.02.